The number of aromatic carboxylic acids is 1. The predicted octanol–water partition coefficient (Wildman–Crippen LogP) is 2.89. The second kappa shape index (κ2) is 11.0. The monoisotopic (exact) mass is 460 g/mol. The Labute approximate surface area is 193 Å². The maximum Gasteiger partial charge on any atom is 0.337 e. The molecule has 11 heteroatoms. The van der Waals surface area contributed by atoms with E-state index in [0.717, 1.165) is 24.4 Å². The van der Waals surface area contributed by atoms with Gasteiger partial charge in [0.05, 0.1) is 34.3 Å². The van der Waals surface area contributed by atoms with Gasteiger partial charge in [0, 0.05) is 29.8 Å². The largest absolute Gasteiger partial charge is 0.507 e. The quantitative estimate of drug-likeness (QED) is 0.279. The van der Waals surface area contributed by atoms with Gasteiger partial charge in [-0.15, -0.1) is 0 Å². The average molecular weight is 460 g/mol. The van der Waals surface area contributed by atoms with Crippen molar-refractivity contribution in [1.82, 2.24) is 0 Å². The molecule has 34 heavy (non-hydrogen) atoms. The summed E-state index contributed by atoms with van der Waals surface area (Å²) < 4.78 is 0. The SMILES string of the molecule is CCC(=O)Nc1cc(O)c(C(=N)C(=O)Nc2ccc(C#N)cc2C(=O)O)cc1C(=N)/C=C\C=N. The Morgan fingerprint density at radius 3 is 2.35 bits per heavy atom. The first-order valence-electron chi connectivity index (χ1n) is 9.73. The van der Waals surface area contributed by atoms with E-state index in [0.29, 0.717) is 0 Å². The first kappa shape index (κ1) is 25.2. The van der Waals surface area contributed by atoms with Crippen molar-refractivity contribution in [2.45, 2.75) is 13.3 Å². The van der Waals surface area contributed by atoms with E-state index in [-0.39, 0.29) is 45.8 Å². The van der Waals surface area contributed by atoms with Crippen molar-refractivity contribution in [3.8, 4) is 11.8 Å². The van der Waals surface area contributed by atoms with Crippen molar-refractivity contribution in [3.05, 3.63) is 64.7 Å². The molecule has 0 fully saturated rings. The first-order valence-corrected chi connectivity index (χ1v) is 9.73. The number of allylic oxidation sites excluding steroid dienone is 2. The van der Waals surface area contributed by atoms with Gasteiger partial charge in [0.1, 0.15) is 11.5 Å². The number of phenols is 1. The molecule has 0 aliphatic heterocycles. The predicted molar refractivity (Wildman–Crippen MR) is 125 cm³/mol. The molecule has 2 aromatic rings. The number of hydrogen-bond acceptors (Lipinski definition) is 8. The summed E-state index contributed by atoms with van der Waals surface area (Å²) in [4.78, 5) is 36.0. The first-order chi connectivity index (χ1) is 16.1. The number of nitriles is 1. The number of carboxylic acid groups (broad SMARTS) is 1. The fourth-order valence-corrected chi connectivity index (χ4v) is 2.79. The van der Waals surface area contributed by atoms with Gasteiger partial charge in [-0.05, 0) is 36.4 Å². The summed E-state index contributed by atoms with van der Waals surface area (Å²) in [7, 11) is 0. The van der Waals surface area contributed by atoms with Crippen molar-refractivity contribution in [1.29, 1.82) is 21.5 Å². The minimum atomic E-state index is -1.40. The average Bonchev–Trinajstić information content (AvgIpc) is 2.82. The molecule has 0 aromatic heterocycles. The third-order valence-corrected chi connectivity index (χ3v) is 4.50. The fraction of sp³-hybridized carbons (Fsp3) is 0.0870. The van der Waals surface area contributed by atoms with E-state index in [1.165, 1.54) is 24.3 Å². The van der Waals surface area contributed by atoms with Gasteiger partial charge in [-0.3, -0.25) is 15.0 Å². The van der Waals surface area contributed by atoms with Gasteiger partial charge >= 0.3 is 5.97 Å². The zero-order valence-electron chi connectivity index (χ0n) is 17.9. The van der Waals surface area contributed by atoms with Crippen LogP contribution >= 0.6 is 0 Å². The number of anilines is 2. The van der Waals surface area contributed by atoms with Gasteiger partial charge < -0.3 is 31.7 Å². The number of carboxylic acids is 1. The lowest BCUT2D eigenvalue weighted by atomic mass is 9.99. The molecule has 0 spiro atoms. The van der Waals surface area contributed by atoms with Crippen LogP contribution in [0.15, 0.2) is 42.5 Å². The van der Waals surface area contributed by atoms with Crippen molar-refractivity contribution in [3.63, 3.8) is 0 Å². The van der Waals surface area contributed by atoms with Crippen molar-refractivity contribution in [2.24, 2.45) is 0 Å². The Bertz CT molecular complexity index is 1290. The Kier molecular flexibility index (Phi) is 8.11. The molecule has 2 aromatic carbocycles. The number of hydrogen-bond donors (Lipinski definition) is 7. The van der Waals surface area contributed by atoms with E-state index in [1.807, 2.05) is 0 Å². The van der Waals surface area contributed by atoms with Crippen LogP contribution in [-0.4, -0.2) is 45.6 Å². The van der Waals surface area contributed by atoms with Gasteiger partial charge in [-0.25, -0.2) is 4.79 Å². The minimum absolute atomic E-state index is 0.0639. The normalized spacial score (nSPS) is 10.2. The third kappa shape index (κ3) is 5.77. The Morgan fingerprint density at radius 1 is 1.06 bits per heavy atom. The number of amides is 2. The van der Waals surface area contributed by atoms with E-state index in [2.05, 4.69) is 10.6 Å². The summed E-state index contributed by atoms with van der Waals surface area (Å²) in [5.74, 6) is -3.38. The molecule has 0 bridgehead atoms. The van der Waals surface area contributed by atoms with Crippen molar-refractivity contribution in [2.75, 3.05) is 10.6 Å². The van der Waals surface area contributed by atoms with Gasteiger partial charge in [0.15, 0.2) is 0 Å². The van der Waals surface area contributed by atoms with E-state index in [4.69, 9.17) is 21.5 Å². The topological polar surface area (TPSA) is 211 Å². The Morgan fingerprint density at radius 2 is 1.76 bits per heavy atom. The lowest BCUT2D eigenvalue weighted by Crippen LogP contribution is -2.25. The summed E-state index contributed by atoms with van der Waals surface area (Å²) in [6, 6.07) is 7.62. The summed E-state index contributed by atoms with van der Waals surface area (Å²) in [5, 5.41) is 57.0. The number of rotatable bonds is 9. The molecule has 0 heterocycles. The molecule has 2 rings (SSSR count). The number of phenolic OH excluding ortho intramolecular Hbond substituents is 1. The Balaban J connectivity index is 2.48. The molecule has 7 N–H and O–H groups in total. The van der Waals surface area contributed by atoms with Gasteiger partial charge in [0.25, 0.3) is 5.91 Å². The van der Waals surface area contributed by atoms with Crippen LogP contribution in [0, 0.1) is 27.6 Å². The van der Waals surface area contributed by atoms with Crippen LogP contribution in [0.5, 0.6) is 5.75 Å². The molecule has 11 nitrogen and oxygen atoms in total. The summed E-state index contributed by atoms with van der Waals surface area (Å²) in [5.41, 5.74) is -1.48. The molecule has 0 unspecified atom stereocenters. The number of aromatic hydroxyl groups is 1. The second-order valence-corrected chi connectivity index (χ2v) is 6.76. The van der Waals surface area contributed by atoms with Crippen LogP contribution in [0.2, 0.25) is 0 Å². The molecule has 0 aliphatic rings. The zero-order valence-corrected chi connectivity index (χ0v) is 17.9. The van der Waals surface area contributed by atoms with Gasteiger partial charge in [-0.2, -0.15) is 5.26 Å². The van der Waals surface area contributed by atoms with E-state index in [9.17, 15) is 24.6 Å². The highest BCUT2D eigenvalue weighted by atomic mass is 16.4. The fourth-order valence-electron chi connectivity index (χ4n) is 2.79. The zero-order chi connectivity index (χ0) is 25.4. The number of carbonyl (C=O) groups excluding carboxylic acids is 2. The molecular formula is C23H20N6O5. The van der Waals surface area contributed by atoms with Crippen LogP contribution in [0.1, 0.15) is 40.4 Å². The number of nitrogens with zero attached hydrogens (tertiary/aromatic N) is 1. The van der Waals surface area contributed by atoms with Gasteiger partial charge in [-0.1, -0.05) is 6.92 Å². The number of nitrogens with one attached hydrogen (secondary N) is 5. The lowest BCUT2D eigenvalue weighted by molar-refractivity contribution is -0.116. The third-order valence-electron chi connectivity index (χ3n) is 4.50. The molecule has 0 atom stereocenters. The van der Waals surface area contributed by atoms with Crippen LogP contribution < -0.4 is 10.6 Å². The highest BCUT2D eigenvalue weighted by molar-refractivity contribution is 6.48. The molecule has 0 radical (unpaired) electrons. The highest BCUT2D eigenvalue weighted by Crippen LogP contribution is 2.29. The number of benzene rings is 2. The lowest BCUT2D eigenvalue weighted by Gasteiger charge is -2.15. The van der Waals surface area contributed by atoms with Crippen LogP contribution in [-0.2, 0) is 9.59 Å². The highest BCUT2D eigenvalue weighted by Gasteiger charge is 2.22. The van der Waals surface area contributed by atoms with Crippen LogP contribution in [0.3, 0.4) is 0 Å². The molecule has 0 saturated carbocycles. The maximum absolute atomic E-state index is 12.7. The van der Waals surface area contributed by atoms with Crippen molar-refractivity contribution < 1.29 is 24.6 Å². The summed E-state index contributed by atoms with van der Waals surface area (Å²) in [6.07, 6.45) is 3.58. The standard InChI is InChI=1S/C23H20N6O5/c1-2-20(31)28-18-10-19(30)15(9-13(18)16(26)4-3-7-24)21(27)22(32)29-17-6-5-12(11-25)8-14(17)23(33)34/h3-10,24,26-27,30H,2H2,1H3,(H,28,31)(H,29,32)(H,33,34)/b4-3-,24-7?,26-16?,27-21?. The second-order valence-electron chi connectivity index (χ2n) is 6.76. The van der Waals surface area contributed by atoms with E-state index in [1.54, 1.807) is 13.0 Å². The Hall–Kier alpha value is -5.11. The van der Waals surface area contributed by atoms with Crippen LogP contribution in [0.4, 0.5) is 11.4 Å². The maximum atomic E-state index is 12.7. The van der Waals surface area contributed by atoms with E-state index < -0.39 is 29.2 Å². The molecule has 0 saturated heterocycles. The molecule has 172 valence electrons. The smallest absolute Gasteiger partial charge is 0.337 e. The van der Waals surface area contributed by atoms with Crippen molar-refractivity contribution >= 4 is 46.8 Å². The minimum Gasteiger partial charge on any atom is -0.507 e. The summed E-state index contributed by atoms with van der Waals surface area (Å²) >= 11 is 0. The molecule has 2 amide bonds. The van der Waals surface area contributed by atoms with E-state index >= 15 is 0 Å². The van der Waals surface area contributed by atoms with Crippen LogP contribution in [0.25, 0.3) is 0 Å². The van der Waals surface area contributed by atoms with Gasteiger partial charge in [0.2, 0.25) is 5.91 Å². The summed E-state index contributed by atoms with van der Waals surface area (Å²) in [6.45, 7) is 1.61. The number of carbonyl (C=O) groups is 3. The molecule has 0 aliphatic carbocycles. The molecular weight excluding hydrogens is 440 g/mol.